The lowest BCUT2D eigenvalue weighted by atomic mass is 10.00. The Kier molecular flexibility index (Phi) is 4.89. The SMILES string of the molecule is Cc1cccc(-c2noc(CN(C)C(=O)c3cc(C)c(C)cc3C)n2)c1. The molecule has 2 aromatic carbocycles. The zero-order valence-electron chi connectivity index (χ0n) is 15.8. The van der Waals surface area contributed by atoms with E-state index in [1.165, 1.54) is 5.56 Å². The Hall–Kier alpha value is -2.95. The predicted octanol–water partition coefficient (Wildman–Crippen LogP) is 4.24. The molecule has 0 radical (unpaired) electrons. The molecule has 0 aliphatic carbocycles. The van der Waals surface area contributed by atoms with E-state index in [1.54, 1.807) is 11.9 Å². The molecule has 5 nitrogen and oxygen atoms in total. The molecule has 5 heteroatoms. The van der Waals surface area contributed by atoms with Crippen LogP contribution in [0.5, 0.6) is 0 Å². The van der Waals surface area contributed by atoms with Crippen molar-refractivity contribution in [3.05, 3.63) is 70.1 Å². The first-order valence-corrected chi connectivity index (χ1v) is 8.58. The molecule has 0 spiro atoms. The smallest absolute Gasteiger partial charge is 0.254 e. The van der Waals surface area contributed by atoms with E-state index in [9.17, 15) is 4.79 Å². The van der Waals surface area contributed by atoms with Crippen molar-refractivity contribution in [3.63, 3.8) is 0 Å². The number of hydrogen-bond acceptors (Lipinski definition) is 4. The van der Waals surface area contributed by atoms with Crippen LogP contribution in [0.25, 0.3) is 11.4 Å². The Labute approximate surface area is 153 Å². The maximum absolute atomic E-state index is 12.8. The minimum Gasteiger partial charge on any atom is -0.337 e. The molecule has 0 aliphatic rings. The van der Waals surface area contributed by atoms with Gasteiger partial charge in [-0.2, -0.15) is 4.98 Å². The molecule has 0 saturated heterocycles. The summed E-state index contributed by atoms with van der Waals surface area (Å²) in [5, 5.41) is 4.03. The zero-order chi connectivity index (χ0) is 18.8. The zero-order valence-corrected chi connectivity index (χ0v) is 15.8. The van der Waals surface area contributed by atoms with Gasteiger partial charge in [0.25, 0.3) is 5.91 Å². The minimum absolute atomic E-state index is 0.0547. The molecule has 26 heavy (non-hydrogen) atoms. The van der Waals surface area contributed by atoms with Gasteiger partial charge in [0.15, 0.2) is 0 Å². The van der Waals surface area contributed by atoms with Crippen LogP contribution in [0, 0.1) is 27.7 Å². The van der Waals surface area contributed by atoms with Crippen LogP contribution in [-0.2, 0) is 6.54 Å². The number of nitrogens with zero attached hydrogens (tertiary/aromatic N) is 3. The van der Waals surface area contributed by atoms with Gasteiger partial charge in [-0.15, -0.1) is 0 Å². The maximum Gasteiger partial charge on any atom is 0.254 e. The van der Waals surface area contributed by atoms with E-state index in [1.807, 2.05) is 64.1 Å². The van der Waals surface area contributed by atoms with E-state index < -0.39 is 0 Å². The van der Waals surface area contributed by atoms with Crippen molar-refractivity contribution >= 4 is 5.91 Å². The fourth-order valence-electron chi connectivity index (χ4n) is 2.89. The summed E-state index contributed by atoms with van der Waals surface area (Å²) in [4.78, 5) is 18.8. The molecule has 1 amide bonds. The average molecular weight is 349 g/mol. The summed E-state index contributed by atoms with van der Waals surface area (Å²) in [6, 6.07) is 11.9. The third-order valence-electron chi connectivity index (χ3n) is 4.53. The summed E-state index contributed by atoms with van der Waals surface area (Å²) >= 11 is 0. The van der Waals surface area contributed by atoms with Crippen molar-refractivity contribution in [1.82, 2.24) is 15.0 Å². The van der Waals surface area contributed by atoms with E-state index in [4.69, 9.17) is 4.52 Å². The Bertz CT molecular complexity index is 960. The van der Waals surface area contributed by atoms with Crippen LogP contribution in [-0.4, -0.2) is 28.0 Å². The highest BCUT2D eigenvalue weighted by atomic mass is 16.5. The van der Waals surface area contributed by atoms with Crippen molar-refractivity contribution in [2.45, 2.75) is 34.2 Å². The first kappa shape index (κ1) is 17.9. The van der Waals surface area contributed by atoms with Crippen LogP contribution in [0.4, 0.5) is 0 Å². The van der Waals surface area contributed by atoms with Gasteiger partial charge in [-0.3, -0.25) is 4.79 Å². The lowest BCUT2D eigenvalue weighted by molar-refractivity contribution is 0.0768. The number of aromatic nitrogens is 2. The minimum atomic E-state index is -0.0547. The van der Waals surface area contributed by atoms with Crippen LogP contribution < -0.4 is 0 Å². The van der Waals surface area contributed by atoms with Gasteiger partial charge in [-0.05, 0) is 56.5 Å². The second kappa shape index (κ2) is 7.12. The lowest BCUT2D eigenvalue weighted by Crippen LogP contribution is -2.27. The molecule has 134 valence electrons. The van der Waals surface area contributed by atoms with Gasteiger partial charge in [-0.1, -0.05) is 35.0 Å². The van der Waals surface area contributed by atoms with E-state index in [0.717, 1.165) is 22.3 Å². The van der Waals surface area contributed by atoms with Crippen molar-refractivity contribution in [3.8, 4) is 11.4 Å². The number of amides is 1. The highest BCUT2D eigenvalue weighted by molar-refractivity contribution is 5.95. The third kappa shape index (κ3) is 3.67. The molecule has 0 fully saturated rings. The summed E-state index contributed by atoms with van der Waals surface area (Å²) in [5.74, 6) is 0.895. The summed E-state index contributed by atoms with van der Waals surface area (Å²) < 4.78 is 5.33. The predicted molar refractivity (Wildman–Crippen MR) is 101 cm³/mol. The fraction of sp³-hybridized carbons (Fsp3) is 0.286. The first-order chi connectivity index (χ1) is 12.3. The van der Waals surface area contributed by atoms with Crippen LogP contribution in [0.1, 0.15) is 38.5 Å². The van der Waals surface area contributed by atoms with Gasteiger partial charge in [0.2, 0.25) is 11.7 Å². The van der Waals surface area contributed by atoms with Gasteiger partial charge in [-0.25, -0.2) is 0 Å². The monoisotopic (exact) mass is 349 g/mol. The molecule has 3 rings (SSSR count). The standard InChI is InChI=1S/C21H23N3O2/c1-13-7-6-8-17(9-13)20-22-19(26-23-20)12-24(5)21(25)18-11-15(3)14(2)10-16(18)4/h6-11H,12H2,1-5H3. The van der Waals surface area contributed by atoms with Gasteiger partial charge in [0.1, 0.15) is 0 Å². The van der Waals surface area contributed by atoms with Gasteiger partial charge >= 0.3 is 0 Å². The average Bonchev–Trinajstić information content (AvgIpc) is 3.06. The Morgan fingerprint density at radius 2 is 1.77 bits per heavy atom. The second-order valence-electron chi connectivity index (χ2n) is 6.79. The number of benzene rings is 2. The number of hydrogen-bond donors (Lipinski definition) is 0. The third-order valence-corrected chi connectivity index (χ3v) is 4.53. The number of carbonyl (C=O) groups excluding carboxylic acids is 1. The van der Waals surface area contributed by atoms with Crippen LogP contribution in [0.2, 0.25) is 0 Å². The summed E-state index contributed by atoms with van der Waals surface area (Å²) in [5.41, 5.74) is 5.99. The highest BCUT2D eigenvalue weighted by Crippen LogP contribution is 2.19. The molecule has 0 aliphatic heterocycles. The topological polar surface area (TPSA) is 59.2 Å². The van der Waals surface area contributed by atoms with E-state index in [2.05, 4.69) is 10.1 Å². The number of rotatable bonds is 4. The summed E-state index contributed by atoms with van der Waals surface area (Å²) in [7, 11) is 1.74. The molecule has 0 saturated carbocycles. The Balaban J connectivity index is 1.77. The molecule has 0 atom stereocenters. The molecule has 0 unspecified atom stereocenters. The second-order valence-corrected chi connectivity index (χ2v) is 6.79. The van der Waals surface area contributed by atoms with Crippen molar-refractivity contribution in [2.24, 2.45) is 0 Å². The normalized spacial score (nSPS) is 10.8. The summed E-state index contributed by atoms with van der Waals surface area (Å²) in [6.07, 6.45) is 0. The Morgan fingerprint density at radius 3 is 2.50 bits per heavy atom. The molecular weight excluding hydrogens is 326 g/mol. The molecule has 1 heterocycles. The quantitative estimate of drug-likeness (QED) is 0.707. The highest BCUT2D eigenvalue weighted by Gasteiger charge is 2.18. The van der Waals surface area contributed by atoms with Crippen LogP contribution in [0.3, 0.4) is 0 Å². The van der Waals surface area contributed by atoms with E-state index in [-0.39, 0.29) is 12.5 Å². The summed E-state index contributed by atoms with van der Waals surface area (Å²) in [6.45, 7) is 8.30. The van der Waals surface area contributed by atoms with Gasteiger partial charge in [0.05, 0.1) is 6.54 Å². The van der Waals surface area contributed by atoms with Crippen LogP contribution >= 0.6 is 0 Å². The maximum atomic E-state index is 12.8. The number of carbonyl (C=O) groups is 1. The molecule has 3 aromatic rings. The molecule has 0 N–H and O–H groups in total. The van der Waals surface area contributed by atoms with Crippen molar-refractivity contribution in [1.29, 1.82) is 0 Å². The van der Waals surface area contributed by atoms with Gasteiger partial charge < -0.3 is 9.42 Å². The van der Waals surface area contributed by atoms with Gasteiger partial charge in [0, 0.05) is 18.2 Å². The van der Waals surface area contributed by atoms with Crippen molar-refractivity contribution < 1.29 is 9.32 Å². The Morgan fingerprint density at radius 1 is 1.04 bits per heavy atom. The molecule has 0 bridgehead atoms. The first-order valence-electron chi connectivity index (χ1n) is 8.58. The fourth-order valence-corrected chi connectivity index (χ4v) is 2.89. The number of aryl methyl sites for hydroxylation is 4. The largest absolute Gasteiger partial charge is 0.337 e. The molecule has 1 aromatic heterocycles. The molecular formula is C21H23N3O2. The van der Waals surface area contributed by atoms with Crippen molar-refractivity contribution in [2.75, 3.05) is 7.05 Å². The van der Waals surface area contributed by atoms with E-state index >= 15 is 0 Å². The van der Waals surface area contributed by atoms with Crippen LogP contribution in [0.15, 0.2) is 40.9 Å². The van der Waals surface area contributed by atoms with E-state index in [0.29, 0.717) is 17.3 Å². The lowest BCUT2D eigenvalue weighted by Gasteiger charge is -2.17.